The molecule has 46 valence electrons. The van der Waals surface area contributed by atoms with Crippen LogP contribution in [-0.2, 0) is 25.3 Å². The smallest absolute Gasteiger partial charge is 0 e. The molecule has 2 nitrogen and oxygen atoms in total. The van der Waals surface area contributed by atoms with Gasteiger partial charge in [-0.05, 0) is 0 Å². The Hall–Kier alpha value is 1.07. The fourth-order valence-electron chi connectivity index (χ4n) is 0. The number of nitriles is 2. The van der Waals surface area contributed by atoms with Crippen molar-refractivity contribution in [3.05, 3.63) is 0 Å². The molecule has 0 heterocycles. The van der Waals surface area contributed by atoms with Crippen LogP contribution < -0.4 is 24.0 Å². The van der Waals surface area contributed by atoms with Crippen molar-refractivity contribution in [2.75, 3.05) is 0 Å². The van der Waals surface area contributed by atoms with Gasteiger partial charge in [-0.3, -0.25) is 0 Å². The minimum atomic E-state index is 0. The van der Waals surface area contributed by atoms with E-state index in [2.05, 4.69) is 25.3 Å². The van der Waals surface area contributed by atoms with Crippen molar-refractivity contribution in [1.82, 2.24) is 0 Å². The zero-order chi connectivity index (χ0) is 5.41. The molecule has 0 bridgehead atoms. The van der Waals surface area contributed by atoms with Crippen LogP contribution in [0.2, 0.25) is 0 Å². The van der Waals surface area contributed by atoms with Gasteiger partial charge in [0, 0.05) is 28.7 Å². The van der Waals surface area contributed by atoms with Crippen LogP contribution in [0.1, 0.15) is 1.43 Å². The molecule has 0 atom stereocenters. The largest absolute Gasteiger partial charge is 1.00 e. The van der Waals surface area contributed by atoms with Gasteiger partial charge in [0.05, 0.1) is 0 Å². The van der Waals surface area contributed by atoms with Crippen LogP contribution in [0, 0.1) is 21.3 Å². The van der Waals surface area contributed by atoms with Crippen LogP contribution >= 0.6 is 0 Å². The maximum Gasteiger partial charge on any atom is 0 e. The van der Waals surface area contributed by atoms with Crippen molar-refractivity contribution < 1.29 is 25.4 Å². The van der Waals surface area contributed by atoms with Gasteiger partial charge in [0.25, 0.3) is 0 Å². The average Bonchev–Trinajstić information content (AvgIpc) is 1.39. The van der Waals surface area contributed by atoms with Crippen LogP contribution in [0.25, 0.3) is 0 Å². The molecule has 0 aromatic carbocycles. The summed E-state index contributed by atoms with van der Waals surface area (Å²) in [7, 11) is 0. The fraction of sp³-hybridized carbons (Fsp3) is 0. The van der Waals surface area contributed by atoms with Gasteiger partial charge in [0.1, 0.15) is 0 Å². The van der Waals surface area contributed by atoms with Gasteiger partial charge >= 0.3 is 0 Å². The Kier molecular flexibility index (Phi) is 123. The zero-order valence-electron chi connectivity index (χ0n) is 3.59. The van der Waals surface area contributed by atoms with E-state index >= 15 is 0 Å². The number of rotatable bonds is 0. The summed E-state index contributed by atoms with van der Waals surface area (Å²) in [6, 6.07) is 0. The van der Waals surface area contributed by atoms with Crippen LogP contribution in [-0.4, -0.2) is 27.3 Å². The van der Waals surface area contributed by atoms with E-state index in [0.29, 0.717) is 0 Å². The van der Waals surface area contributed by atoms with E-state index in [1.165, 1.54) is 10.8 Å². The maximum atomic E-state index is 7.13. The van der Waals surface area contributed by atoms with Crippen LogP contribution in [0.4, 0.5) is 0 Å². The minimum absolute atomic E-state index is 0. The third-order valence-corrected chi connectivity index (χ3v) is 0. The summed E-state index contributed by atoms with van der Waals surface area (Å²) < 4.78 is 0. The summed E-state index contributed by atoms with van der Waals surface area (Å²) in [5, 5.41) is 16.9. The van der Waals surface area contributed by atoms with Crippen molar-refractivity contribution in [2.45, 2.75) is 0 Å². The first-order chi connectivity index (χ1) is 2.83. The van der Waals surface area contributed by atoms with Gasteiger partial charge in [-0.1, -0.05) is 10.8 Å². The molecule has 0 aromatic rings. The third-order valence-electron chi connectivity index (χ3n) is 0. The molecule has 0 saturated carbocycles. The van der Waals surface area contributed by atoms with Gasteiger partial charge in [0.15, 0.2) is 0 Å². The van der Waals surface area contributed by atoms with E-state index in [9.17, 15) is 0 Å². The summed E-state index contributed by atoms with van der Waals surface area (Å²) in [5.74, 6) is 0. The summed E-state index contributed by atoms with van der Waals surface area (Å²) in [6.45, 7) is 0. The second-order valence-corrected chi connectivity index (χ2v) is 0.548. The number of hydrogen-bond donors (Lipinski definition) is 0. The summed E-state index contributed by atoms with van der Waals surface area (Å²) in [5.41, 5.74) is 0. The van der Waals surface area contributed by atoms with Gasteiger partial charge < -0.3 is 49.2 Å². The second kappa shape index (κ2) is 42.8. The summed E-state index contributed by atoms with van der Waals surface area (Å²) >= 11 is 7.40. The van der Waals surface area contributed by atoms with E-state index in [1.54, 1.807) is 0 Å². The van der Waals surface area contributed by atoms with E-state index in [-0.39, 0.29) is 52.7 Å². The Labute approximate surface area is 98.1 Å². The van der Waals surface area contributed by atoms with Crippen molar-refractivity contribution in [3.8, 4) is 10.8 Å². The molecule has 4 radical (unpaired) electrons. The first kappa shape index (κ1) is 23.0. The quantitative estimate of drug-likeness (QED) is 0.169. The Morgan fingerprint density at radius 1 is 1.12 bits per heavy atom. The fourth-order valence-corrected chi connectivity index (χ4v) is 0. The first-order valence-electron chi connectivity index (χ1n) is 0.855. The number of nitrogens with zero attached hydrogens (tertiary/aromatic N) is 2. The van der Waals surface area contributed by atoms with E-state index in [4.69, 9.17) is 10.5 Å². The molecular weight excluding hydrogens is 450 g/mol. The summed E-state index contributed by atoms with van der Waals surface area (Å²) in [4.78, 5) is 0. The monoisotopic (exact) mass is 453 g/mol. The van der Waals surface area contributed by atoms with E-state index in [1.807, 2.05) is 0 Å². The maximum absolute atomic E-state index is 7.13. The van der Waals surface area contributed by atoms with Crippen molar-refractivity contribution in [2.24, 2.45) is 0 Å². The van der Waals surface area contributed by atoms with E-state index < -0.39 is 0 Å². The molecule has 0 aromatic heterocycles. The van der Waals surface area contributed by atoms with Gasteiger partial charge in [0.2, 0.25) is 0 Å². The third kappa shape index (κ3) is 227. The predicted octanol–water partition coefficient (Wildman–Crippen LogP) is -3.10. The SMILES string of the molecule is N#C[S-].N#C[S-].[HH].[I-].[Pb]. The minimum Gasteiger partial charge on any atom is -1.00 e. The molecular formula is C2H2IN2PbS2-3. The Morgan fingerprint density at radius 2 is 1.12 bits per heavy atom. The molecule has 0 amide bonds. The second-order valence-electron chi connectivity index (χ2n) is 0.183. The van der Waals surface area contributed by atoms with Gasteiger partial charge in [-0.2, -0.15) is 0 Å². The van der Waals surface area contributed by atoms with Gasteiger partial charge in [-0.25, -0.2) is 10.5 Å². The standard InChI is InChI=1S/2CHNS.HI.Pb.H2/c2*2-1-3;;;/h2*3H;1H;;1H/p-3. The van der Waals surface area contributed by atoms with Gasteiger partial charge in [-0.15, -0.1) is 0 Å². The van der Waals surface area contributed by atoms with E-state index in [0.717, 1.165) is 0 Å². The molecule has 6 heteroatoms. The molecule has 0 saturated heterocycles. The topological polar surface area (TPSA) is 47.6 Å². The number of thiocyanates is 2. The molecule has 8 heavy (non-hydrogen) atoms. The Balaban J connectivity index is -0.00000000889. The van der Waals surface area contributed by atoms with Crippen molar-refractivity contribution in [1.29, 1.82) is 10.5 Å². The number of hydrogen-bond acceptors (Lipinski definition) is 4. The molecule has 0 unspecified atom stereocenters. The first-order valence-corrected chi connectivity index (χ1v) is 1.67. The zero-order valence-corrected chi connectivity index (χ0v) is 11.3. The van der Waals surface area contributed by atoms with Crippen molar-refractivity contribution >= 4 is 52.6 Å². The number of halogens is 1. The Morgan fingerprint density at radius 3 is 1.12 bits per heavy atom. The molecule has 0 N–H and O–H groups in total. The molecule has 0 aliphatic heterocycles. The molecule has 0 fully saturated rings. The molecule has 0 spiro atoms. The Bertz CT molecular complexity index is 77.5. The average molecular weight is 452 g/mol. The molecule has 0 aliphatic rings. The van der Waals surface area contributed by atoms with Crippen LogP contribution in [0.3, 0.4) is 0 Å². The van der Waals surface area contributed by atoms with Crippen LogP contribution in [0.5, 0.6) is 0 Å². The van der Waals surface area contributed by atoms with Crippen LogP contribution in [0.15, 0.2) is 0 Å². The molecule has 0 aliphatic carbocycles. The predicted molar refractivity (Wildman–Crippen MR) is 33.8 cm³/mol. The molecule has 0 rings (SSSR count). The van der Waals surface area contributed by atoms with Crippen molar-refractivity contribution in [3.63, 3.8) is 0 Å². The summed E-state index contributed by atoms with van der Waals surface area (Å²) in [6.07, 6.45) is 0. The normalized spacial score (nSPS) is 1.75.